The Morgan fingerprint density at radius 3 is 2.33 bits per heavy atom. The second-order valence-electron chi connectivity index (χ2n) is 6.33. The van der Waals surface area contributed by atoms with E-state index in [1.807, 2.05) is 37.4 Å². The molecule has 0 aliphatic carbocycles. The van der Waals surface area contributed by atoms with Gasteiger partial charge in [-0.1, -0.05) is 38.8 Å². The molecule has 0 aliphatic heterocycles. The Balaban J connectivity index is 1.86. The first-order valence-corrected chi connectivity index (χ1v) is 9.07. The molecule has 0 aliphatic rings. The fourth-order valence-corrected chi connectivity index (χ4v) is 2.57. The highest BCUT2D eigenvalue weighted by atomic mass is 16.5. The summed E-state index contributed by atoms with van der Waals surface area (Å²) in [5.74, 6) is 1.74. The molecule has 1 unspecified atom stereocenters. The van der Waals surface area contributed by atoms with Gasteiger partial charge in [-0.2, -0.15) is 0 Å². The Morgan fingerprint density at radius 2 is 1.71 bits per heavy atom. The van der Waals surface area contributed by atoms with Crippen LogP contribution in [0.15, 0.2) is 53.5 Å². The molecule has 2 nitrogen and oxygen atoms in total. The summed E-state index contributed by atoms with van der Waals surface area (Å²) in [6.07, 6.45) is 6.91. The van der Waals surface area contributed by atoms with E-state index in [1.54, 1.807) is 0 Å². The van der Waals surface area contributed by atoms with Gasteiger partial charge >= 0.3 is 0 Å². The number of rotatable bonds is 9. The third kappa shape index (κ3) is 6.19. The molecule has 2 rings (SSSR count). The number of benzene rings is 2. The first-order chi connectivity index (χ1) is 11.7. The van der Waals surface area contributed by atoms with E-state index < -0.39 is 0 Å². The van der Waals surface area contributed by atoms with E-state index in [0.717, 1.165) is 29.3 Å². The average Bonchev–Trinajstić information content (AvgIpc) is 2.62. The predicted molar refractivity (Wildman–Crippen MR) is 104 cm³/mol. The van der Waals surface area contributed by atoms with Crippen LogP contribution in [0.1, 0.15) is 51.2 Å². The third-order valence-electron chi connectivity index (χ3n) is 4.35. The third-order valence-corrected chi connectivity index (χ3v) is 4.35. The summed E-state index contributed by atoms with van der Waals surface area (Å²) in [5, 5.41) is 0. The lowest BCUT2D eigenvalue weighted by Crippen LogP contribution is -1.93. The summed E-state index contributed by atoms with van der Waals surface area (Å²) in [6.45, 7) is 7.28. The fourth-order valence-electron chi connectivity index (χ4n) is 2.57. The molecule has 0 amide bonds. The Morgan fingerprint density at radius 1 is 1.00 bits per heavy atom. The van der Waals surface area contributed by atoms with Crippen molar-refractivity contribution in [3.63, 3.8) is 0 Å². The predicted octanol–water partition coefficient (Wildman–Crippen LogP) is 6.20. The quantitative estimate of drug-likeness (QED) is 0.503. The van der Waals surface area contributed by atoms with Crippen molar-refractivity contribution in [2.75, 3.05) is 6.61 Å². The first kappa shape index (κ1) is 18.3. The molecule has 2 aromatic rings. The van der Waals surface area contributed by atoms with Crippen molar-refractivity contribution in [1.82, 2.24) is 0 Å². The standard InChI is InChI=1S/C22H29NO/c1-4-18(3)7-6-8-19-9-13-21(14-10-19)23-17-20-11-15-22(16-12-20)24-5-2/h9-18H,4-8H2,1-3H3. The van der Waals surface area contributed by atoms with Gasteiger partial charge in [-0.15, -0.1) is 0 Å². The minimum absolute atomic E-state index is 0.692. The molecule has 2 aromatic carbocycles. The van der Waals surface area contributed by atoms with Crippen LogP contribution >= 0.6 is 0 Å². The maximum absolute atomic E-state index is 5.45. The van der Waals surface area contributed by atoms with Crippen LogP contribution in [0.25, 0.3) is 0 Å². The van der Waals surface area contributed by atoms with Gasteiger partial charge in [-0.05, 0) is 73.2 Å². The summed E-state index contributed by atoms with van der Waals surface area (Å²) >= 11 is 0. The van der Waals surface area contributed by atoms with Gasteiger partial charge in [-0.3, -0.25) is 4.99 Å². The van der Waals surface area contributed by atoms with E-state index in [-0.39, 0.29) is 0 Å². The monoisotopic (exact) mass is 323 g/mol. The fraction of sp³-hybridized carbons (Fsp3) is 0.409. The van der Waals surface area contributed by atoms with Crippen molar-refractivity contribution in [3.8, 4) is 5.75 Å². The molecule has 0 heterocycles. The number of aryl methyl sites for hydroxylation is 1. The molecule has 0 N–H and O–H groups in total. The van der Waals surface area contributed by atoms with Gasteiger partial charge in [0.05, 0.1) is 12.3 Å². The van der Waals surface area contributed by atoms with E-state index in [2.05, 4.69) is 43.1 Å². The Kier molecular flexibility index (Phi) is 7.54. The molecule has 1 atom stereocenters. The van der Waals surface area contributed by atoms with Crippen LogP contribution in [0.4, 0.5) is 5.69 Å². The van der Waals surface area contributed by atoms with Crippen LogP contribution in [0.5, 0.6) is 5.75 Å². The highest BCUT2D eigenvalue weighted by Gasteiger charge is 1.99. The number of hydrogen-bond donors (Lipinski definition) is 0. The van der Waals surface area contributed by atoms with E-state index in [9.17, 15) is 0 Å². The largest absolute Gasteiger partial charge is 0.494 e. The summed E-state index contributed by atoms with van der Waals surface area (Å²) < 4.78 is 5.45. The van der Waals surface area contributed by atoms with Gasteiger partial charge in [0.1, 0.15) is 5.75 Å². The van der Waals surface area contributed by atoms with Gasteiger partial charge in [0.2, 0.25) is 0 Å². The molecule has 0 saturated heterocycles. The van der Waals surface area contributed by atoms with Gasteiger partial charge in [0.15, 0.2) is 0 Å². The number of hydrogen-bond acceptors (Lipinski definition) is 2. The van der Waals surface area contributed by atoms with Gasteiger partial charge < -0.3 is 4.74 Å². The van der Waals surface area contributed by atoms with Crippen LogP contribution in [0, 0.1) is 5.92 Å². The molecular weight excluding hydrogens is 294 g/mol. The highest BCUT2D eigenvalue weighted by Crippen LogP contribution is 2.17. The number of ether oxygens (including phenoxy) is 1. The normalized spacial score (nSPS) is 12.5. The zero-order valence-corrected chi connectivity index (χ0v) is 15.2. The SMILES string of the molecule is CCOc1ccc(C=Nc2ccc(CCCC(C)CC)cc2)cc1. The molecule has 24 heavy (non-hydrogen) atoms. The average molecular weight is 323 g/mol. The van der Waals surface area contributed by atoms with E-state index in [0.29, 0.717) is 6.61 Å². The summed E-state index contributed by atoms with van der Waals surface area (Å²) in [7, 11) is 0. The molecule has 0 spiro atoms. The Bertz CT molecular complexity index is 613. The zero-order chi connectivity index (χ0) is 17.2. The highest BCUT2D eigenvalue weighted by molar-refractivity contribution is 5.82. The van der Waals surface area contributed by atoms with Gasteiger partial charge in [0.25, 0.3) is 0 Å². The molecule has 128 valence electrons. The molecule has 0 radical (unpaired) electrons. The summed E-state index contributed by atoms with van der Waals surface area (Å²) in [4.78, 5) is 4.55. The summed E-state index contributed by atoms with van der Waals surface area (Å²) in [6, 6.07) is 16.6. The smallest absolute Gasteiger partial charge is 0.119 e. The van der Waals surface area contributed by atoms with Crippen LogP contribution in [-0.2, 0) is 6.42 Å². The van der Waals surface area contributed by atoms with E-state index in [4.69, 9.17) is 4.74 Å². The lowest BCUT2D eigenvalue weighted by molar-refractivity contribution is 0.340. The maximum Gasteiger partial charge on any atom is 0.119 e. The van der Waals surface area contributed by atoms with Crippen molar-refractivity contribution >= 4 is 11.9 Å². The molecule has 2 heteroatoms. The topological polar surface area (TPSA) is 21.6 Å². The minimum atomic E-state index is 0.692. The van der Waals surface area contributed by atoms with Crippen molar-refractivity contribution in [1.29, 1.82) is 0 Å². The van der Waals surface area contributed by atoms with Crippen LogP contribution in [0.2, 0.25) is 0 Å². The van der Waals surface area contributed by atoms with Crippen LogP contribution in [0.3, 0.4) is 0 Å². The lowest BCUT2D eigenvalue weighted by atomic mass is 9.99. The van der Waals surface area contributed by atoms with Gasteiger partial charge in [-0.25, -0.2) is 0 Å². The van der Waals surface area contributed by atoms with Crippen molar-refractivity contribution in [2.45, 2.75) is 46.5 Å². The number of aliphatic imine (C=N–C) groups is 1. The summed E-state index contributed by atoms with van der Waals surface area (Å²) in [5.41, 5.74) is 3.48. The second-order valence-corrected chi connectivity index (χ2v) is 6.33. The minimum Gasteiger partial charge on any atom is -0.494 e. The Labute approximate surface area is 146 Å². The van der Waals surface area contributed by atoms with E-state index in [1.165, 1.54) is 24.8 Å². The molecule has 0 saturated carbocycles. The second kappa shape index (κ2) is 9.92. The van der Waals surface area contributed by atoms with Crippen LogP contribution in [-0.4, -0.2) is 12.8 Å². The number of nitrogens with zero attached hydrogens (tertiary/aromatic N) is 1. The molecule has 0 aromatic heterocycles. The van der Waals surface area contributed by atoms with E-state index >= 15 is 0 Å². The molecule has 0 bridgehead atoms. The molecule has 0 fully saturated rings. The van der Waals surface area contributed by atoms with Crippen molar-refractivity contribution < 1.29 is 4.74 Å². The first-order valence-electron chi connectivity index (χ1n) is 9.07. The van der Waals surface area contributed by atoms with Crippen LogP contribution < -0.4 is 4.74 Å². The van der Waals surface area contributed by atoms with Crippen molar-refractivity contribution in [2.24, 2.45) is 10.9 Å². The van der Waals surface area contributed by atoms with Crippen molar-refractivity contribution in [3.05, 3.63) is 59.7 Å². The Hall–Kier alpha value is -2.09. The lowest BCUT2D eigenvalue weighted by Gasteiger charge is -2.07. The molecular formula is C22H29NO. The van der Waals surface area contributed by atoms with Gasteiger partial charge in [0, 0.05) is 6.21 Å². The zero-order valence-electron chi connectivity index (χ0n) is 15.2. The maximum atomic E-state index is 5.45.